The summed E-state index contributed by atoms with van der Waals surface area (Å²) in [6, 6.07) is 5.17. The van der Waals surface area contributed by atoms with Gasteiger partial charge in [-0.15, -0.1) is 6.58 Å². The zero-order valence-electron chi connectivity index (χ0n) is 9.56. The zero-order chi connectivity index (χ0) is 13.1. The molecule has 0 saturated carbocycles. The lowest BCUT2D eigenvalue weighted by molar-refractivity contribution is 0.468. The summed E-state index contributed by atoms with van der Waals surface area (Å²) < 4.78 is 31.7. The predicted octanol–water partition coefficient (Wildman–Crippen LogP) is 3.41. The van der Waals surface area contributed by atoms with Gasteiger partial charge in [0.15, 0.2) is 0 Å². The van der Waals surface area contributed by atoms with Crippen LogP contribution < -0.4 is 0 Å². The second-order valence-electron chi connectivity index (χ2n) is 3.74. The van der Waals surface area contributed by atoms with Crippen LogP contribution in [0.5, 0.6) is 0 Å². The molecule has 0 bridgehead atoms. The number of benzene rings is 1. The maximum Gasteiger partial charge on any atom is 0.272 e. The van der Waals surface area contributed by atoms with Crippen LogP contribution in [0, 0.1) is 0 Å². The van der Waals surface area contributed by atoms with E-state index in [1.54, 1.807) is 12.1 Å². The van der Waals surface area contributed by atoms with Crippen LogP contribution in [0.3, 0.4) is 0 Å². The summed E-state index contributed by atoms with van der Waals surface area (Å²) in [7, 11) is -4.18. The third-order valence-corrected chi connectivity index (χ3v) is 4.05. The normalized spacial score (nSPS) is 13.4. The molecule has 0 heterocycles. The highest BCUT2D eigenvalue weighted by Crippen LogP contribution is 2.32. The maximum atomic E-state index is 11.3. The van der Waals surface area contributed by atoms with Crippen molar-refractivity contribution in [2.24, 2.45) is 0 Å². The molecule has 1 atom stereocenters. The van der Waals surface area contributed by atoms with Crippen molar-refractivity contribution in [3.63, 3.8) is 0 Å². The lowest BCUT2D eigenvalue weighted by Crippen LogP contribution is -2.12. The van der Waals surface area contributed by atoms with Crippen LogP contribution in [0.25, 0.3) is 0 Å². The molecule has 0 radical (unpaired) electrons. The van der Waals surface area contributed by atoms with Crippen molar-refractivity contribution in [1.29, 1.82) is 0 Å². The number of rotatable bonds is 5. The molecule has 0 aromatic heterocycles. The molecule has 17 heavy (non-hydrogen) atoms. The van der Waals surface area contributed by atoms with Crippen molar-refractivity contribution in [2.45, 2.75) is 25.0 Å². The minimum absolute atomic E-state index is 0.129. The molecule has 1 aromatic rings. The summed E-state index contributed by atoms with van der Waals surface area (Å²) in [5, 5.41) is -0.688. The predicted molar refractivity (Wildman–Crippen MR) is 69.9 cm³/mol. The topological polar surface area (TPSA) is 54.4 Å². The van der Waals surface area contributed by atoms with Gasteiger partial charge in [-0.05, 0) is 30.0 Å². The van der Waals surface area contributed by atoms with Gasteiger partial charge < -0.3 is 0 Å². The van der Waals surface area contributed by atoms with Crippen molar-refractivity contribution >= 4 is 21.7 Å². The summed E-state index contributed by atoms with van der Waals surface area (Å²) >= 11 is 6.03. The summed E-state index contributed by atoms with van der Waals surface area (Å²) in [6.45, 7) is 5.47. The highest BCUT2D eigenvalue weighted by Gasteiger charge is 2.25. The fourth-order valence-electron chi connectivity index (χ4n) is 1.61. The first-order valence-electron chi connectivity index (χ1n) is 5.25. The van der Waals surface area contributed by atoms with Gasteiger partial charge in [-0.25, -0.2) is 0 Å². The average Bonchev–Trinajstić information content (AvgIpc) is 2.25. The van der Waals surface area contributed by atoms with Crippen LogP contribution in [-0.4, -0.2) is 13.0 Å². The fraction of sp³-hybridized carbons (Fsp3) is 0.333. The van der Waals surface area contributed by atoms with Crippen molar-refractivity contribution in [3.05, 3.63) is 47.0 Å². The van der Waals surface area contributed by atoms with E-state index in [2.05, 4.69) is 6.58 Å². The SMILES string of the molecule is C=CCC(c1ccc(CC)cc1Cl)S(=O)(=O)O. The lowest BCUT2D eigenvalue weighted by Gasteiger charge is -2.14. The average molecular weight is 275 g/mol. The Hall–Kier alpha value is -0.840. The van der Waals surface area contributed by atoms with Gasteiger partial charge in [0.1, 0.15) is 5.25 Å². The summed E-state index contributed by atoms with van der Waals surface area (Å²) in [5.74, 6) is 0. The van der Waals surface area contributed by atoms with Crippen LogP contribution in [0.15, 0.2) is 30.9 Å². The van der Waals surface area contributed by atoms with Gasteiger partial charge in [-0.2, -0.15) is 8.42 Å². The van der Waals surface area contributed by atoms with Gasteiger partial charge >= 0.3 is 0 Å². The Balaban J connectivity index is 3.24. The van der Waals surface area contributed by atoms with E-state index in [9.17, 15) is 13.0 Å². The first-order valence-corrected chi connectivity index (χ1v) is 7.13. The molecule has 0 spiro atoms. The Kier molecular flexibility index (Phi) is 4.74. The van der Waals surface area contributed by atoms with Gasteiger partial charge in [0.2, 0.25) is 0 Å². The number of allylic oxidation sites excluding steroid dienone is 1. The minimum atomic E-state index is -4.18. The van der Waals surface area contributed by atoms with Crippen LogP contribution in [-0.2, 0) is 16.5 Å². The Bertz CT molecular complexity index is 508. The van der Waals surface area contributed by atoms with E-state index in [0.29, 0.717) is 10.6 Å². The minimum Gasteiger partial charge on any atom is -0.285 e. The van der Waals surface area contributed by atoms with Crippen LogP contribution >= 0.6 is 11.6 Å². The second kappa shape index (κ2) is 5.67. The molecule has 5 heteroatoms. The van der Waals surface area contributed by atoms with Gasteiger partial charge in [0.25, 0.3) is 10.1 Å². The number of hydrogen-bond acceptors (Lipinski definition) is 2. The maximum absolute atomic E-state index is 11.3. The molecule has 1 N–H and O–H groups in total. The van der Waals surface area contributed by atoms with E-state index in [1.165, 1.54) is 6.08 Å². The van der Waals surface area contributed by atoms with Crippen molar-refractivity contribution in [3.8, 4) is 0 Å². The van der Waals surface area contributed by atoms with Crippen LogP contribution in [0.4, 0.5) is 0 Å². The summed E-state index contributed by atoms with van der Waals surface area (Å²) in [5.41, 5.74) is 1.43. The molecule has 0 aliphatic carbocycles. The summed E-state index contributed by atoms with van der Waals surface area (Å²) in [6.07, 6.45) is 2.39. The standard InChI is InChI=1S/C12H15ClO3S/c1-3-5-12(17(14,15)16)10-7-6-9(4-2)8-11(10)13/h3,6-8,12H,1,4-5H2,2H3,(H,14,15,16). The smallest absolute Gasteiger partial charge is 0.272 e. The molecule has 3 nitrogen and oxygen atoms in total. The Morgan fingerprint density at radius 2 is 2.18 bits per heavy atom. The van der Waals surface area contributed by atoms with Crippen molar-refractivity contribution in [1.82, 2.24) is 0 Å². The van der Waals surface area contributed by atoms with Crippen molar-refractivity contribution in [2.75, 3.05) is 0 Å². The zero-order valence-corrected chi connectivity index (χ0v) is 11.1. The summed E-state index contributed by atoms with van der Waals surface area (Å²) in [4.78, 5) is 0. The first kappa shape index (κ1) is 14.2. The van der Waals surface area contributed by atoms with Gasteiger partial charge in [-0.1, -0.05) is 36.7 Å². The molecule has 0 fully saturated rings. The molecule has 1 rings (SSSR count). The lowest BCUT2D eigenvalue weighted by atomic mass is 10.1. The highest BCUT2D eigenvalue weighted by atomic mass is 35.5. The van der Waals surface area contributed by atoms with E-state index in [-0.39, 0.29) is 6.42 Å². The van der Waals surface area contributed by atoms with E-state index in [1.807, 2.05) is 13.0 Å². The molecule has 0 saturated heterocycles. The van der Waals surface area contributed by atoms with E-state index in [4.69, 9.17) is 11.6 Å². The van der Waals surface area contributed by atoms with Gasteiger partial charge in [0.05, 0.1) is 0 Å². The number of hydrogen-bond donors (Lipinski definition) is 1. The largest absolute Gasteiger partial charge is 0.285 e. The third-order valence-electron chi connectivity index (χ3n) is 2.56. The van der Waals surface area contributed by atoms with E-state index in [0.717, 1.165) is 12.0 Å². The molecular formula is C12H15ClO3S. The number of aryl methyl sites for hydroxylation is 1. The molecule has 0 aliphatic rings. The third kappa shape index (κ3) is 3.56. The highest BCUT2D eigenvalue weighted by molar-refractivity contribution is 7.86. The van der Waals surface area contributed by atoms with E-state index < -0.39 is 15.4 Å². The van der Waals surface area contributed by atoms with E-state index >= 15 is 0 Å². The fourth-order valence-corrected chi connectivity index (χ4v) is 2.92. The number of halogens is 1. The Morgan fingerprint density at radius 1 is 1.53 bits per heavy atom. The first-order chi connectivity index (χ1) is 7.90. The van der Waals surface area contributed by atoms with Gasteiger partial charge in [-0.3, -0.25) is 4.55 Å². The molecule has 0 amide bonds. The Labute approximate surface area is 107 Å². The molecular weight excluding hydrogens is 260 g/mol. The van der Waals surface area contributed by atoms with Crippen molar-refractivity contribution < 1.29 is 13.0 Å². The van der Waals surface area contributed by atoms with Gasteiger partial charge in [0, 0.05) is 5.02 Å². The molecule has 1 unspecified atom stereocenters. The monoisotopic (exact) mass is 274 g/mol. The molecule has 0 aliphatic heterocycles. The van der Waals surface area contributed by atoms with Crippen LogP contribution in [0.2, 0.25) is 5.02 Å². The molecule has 1 aromatic carbocycles. The molecule has 94 valence electrons. The Morgan fingerprint density at radius 3 is 2.59 bits per heavy atom. The second-order valence-corrected chi connectivity index (χ2v) is 5.74. The quantitative estimate of drug-likeness (QED) is 0.661. The van der Waals surface area contributed by atoms with Crippen LogP contribution in [0.1, 0.15) is 29.7 Å².